The SMILES string of the molecule is CCc1ccc2nc3cc(C(C)C)ccc3cc2c1. The van der Waals surface area contributed by atoms with Crippen molar-refractivity contribution >= 4 is 21.8 Å². The van der Waals surface area contributed by atoms with E-state index in [9.17, 15) is 0 Å². The van der Waals surface area contributed by atoms with Gasteiger partial charge in [-0.2, -0.15) is 0 Å². The molecule has 0 fully saturated rings. The van der Waals surface area contributed by atoms with Crippen LogP contribution in [0.2, 0.25) is 0 Å². The highest BCUT2D eigenvalue weighted by atomic mass is 14.7. The second-order valence-electron chi connectivity index (χ2n) is 5.48. The minimum atomic E-state index is 0.546. The van der Waals surface area contributed by atoms with Crippen molar-refractivity contribution in [3.63, 3.8) is 0 Å². The third-order valence-electron chi connectivity index (χ3n) is 3.77. The van der Waals surface area contributed by atoms with Gasteiger partial charge < -0.3 is 0 Å². The van der Waals surface area contributed by atoms with Crippen molar-refractivity contribution in [2.24, 2.45) is 0 Å². The standard InChI is InChI=1S/C18H19N/c1-4-13-5-8-17-16(9-13)10-15-7-6-14(12(2)3)11-18(15)19-17/h5-12H,4H2,1-3H3. The number of hydrogen-bond donors (Lipinski definition) is 0. The fraction of sp³-hybridized carbons (Fsp3) is 0.278. The summed E-state index contributed by atoms with van der Waals surface area (Å²) in [6.45, 7) is 6.62. The number of hydrogen-bond acceptors (Lipinski definition) is 1. The van der Waals surface area contributed by atoms with E-state index in [2.05, 4.69) is 63.2 Å². The maximum absolute atomic E-state index is 4.80. The molecule has 0 saturated carbocycles. The van der Waals surface area contributed by atoms with Crippen LogP contribution in [-0.4, -0.2) is 4.98 Å². The van der Waals surface area contributed by atoms with E-state index in [0.717, 1.165) is 17.5 Å². The number of aryl methyl sites for hydroxylation is 1. The Kier molecular flexibility index (Phi) is 2.98. The van der Waals surface area contributed by atoms with Crippen molar-refractivity contribution in [3.05, 3.63) is 53.6 Å². The van der Waals surface area contributed by atoms with E-state index in [1.165, 1.54) is 21.9 Å². The number of aromatic nitrogens is 1. The molecule has 3 rings (SSSR count). The van der Waals surface area contributed by atoms with Crippen LogP contribution >= 0.6 is 0 Å². The van der Waals surface area contributed by atoms with Gasteiger partial charge in [-0.3, -0.25) is 0 Å². The molecule has 0 aliphatic rings. The molecule has 0 N–H and O–H groups in total. The molecule has 3 aromatic rings. The molecule has 1 heterocycles. The van der Waals surface area contributed by atoms with Crippen LogP contribution in [-0.2, 0) is 6.42 Å². The van der Waals surface area contributed by atoms with E-state index in [4.69, 9.17) is 4.98 Å². The van der Waals surface area contributed by atoms with Crippen LogP contribution in [0.15, 0.2) is 42.5 Å². The monoisotopic (exact) mass is 249 g/mol. The lowest BCUT2D eigenvalue weighted by Crippen LogP contribution is -1.90. The van der Waals surface area contributed by atoms with Gasteiger partial charge in [0.25, 0.3) is 0 Å². The molecule has 96 valence electrons. The number of benzene rings is 2. The van der Waals surface area contributed by atoms with Crippen molar-refractivity contribution in [2.45, 2.75) is 33.1 Å². The highest BCUT2D eigenvalue weighted by Gasteiger charge is 2.04. The highest BCUT2D eigenvalue weighted by Crippen LogP contribution is 2.24. The summed E-state index contributed by atoms with van der Waals surface area (Å²) in [4.78, 5) is 4.80. The van der Waals surface area contributed by atoms with Crippen LogP contribution in [0.5, 0.6) is 0 Å². The maximum atomic E-state index is 4.80. The van der Waals surface area contributed by atoms with Crippen molar-refractivity contribution in [1.82, 2.24) is 4.98 Å². The van der Waals surface area contributed by atoms with E-state index in [1.807, 2.05) is 0 Å². The molecule has 0 spiro atoms. The zero-order valence-electron chi connectivity index (χ0n) is 11.8. The molecule has 0 saturated heterocycles. The molecule has 0 unspecified atom stereocenters. The third kappa shape index (κ3) is 2.21. The van der Waals surface area contributed by atoms with Crippen LogP contribution in [0.25, 0.3) is 21.8 Å². The number of nitrogens with zero attached hydrogens (tertiary/aromatic N) is 1. The van der Waals surface area contributed by atoms with E-state index in [0.29, 0.717) is 5.92 Å². The maximum Gasteiger partial charge on any atom is 0.0712 e. The van der Waals surface area contributed by atoms with Crippen LogP contribution in [0.3, 0.4) is 0 Å². The van der Waals surface area contributed by atoms with Crippen molar-refractivity contribution in [3.8, 4) is 0 Å². The molecular weight excluding hydrogens is 230 g/mol. The average molecular weight is 249 g/mol. The van der Waals surface area contributed by atoms with Crippen molar-refractivity contribution in [2.75, 3.05) is 0 Å². The fourth-order valence-corrected chi connectivity index (χ4v) is 2.48. The summed E-state index contributed by atoms with van der Waals surface area (Å²) in [5.74, 6) is 0.546. The lowest BCUT2D eigenvalue weighted by molar-refractivity contribution is 0.868. The Morgan fingerprint density at radius 3 is 2.47 bits per heavy atom. The molecule has 0 amide bonds. The molecule has 1 nitrogen and oxygen atoms in total. The third-order valence-corrected chi connectivity index (χ3v) is 3.77. The second kappa shape index (κ2) is 4.65. The van der Waals surface area contributed by atoms with Crippen LogP contribution in [0.1, 0.15) is 37.8 Å². The minimum Gasteiger partial charge on any atom is -0.248 e. The molecule has 0 atom stereocenters. The highest BCUT2D eigenvalue weighted by molar-refractivity contribution is 5.93. The molecule has 0 radical (unpaired) electrons. The van der Waals surface area contributed by atoms with Gasteiger partial charge in [0.15, 0.2) is 0 Å². The number of fused-ring (bicyclic) bond motifs is 2. The molecular formula is C18H19N. The quantitative estimate of drug-likeness (QED) is 0.577. The van der Waals surface area contributed by atoms with Crippen molar-refractivity contribution < 1.29 is 0 Å². The Labute approximate surface area is 114 Å². The van der Waals surface area contributed by atoms with Gasteiger partial charge in [0, 0.05) is 10.8 Å². The first kappa shape index (κ1) is 12.2. The van der Waals surface area contributed by atoms with E-state index >= 15 is 0 Å². The van der Waals surface area contributed by atoms with Crippen LogP contribution in [0, 0.1) is 0 Å². The largest absolute Gasteiger partial charge is 0.248 e. The summed E-state index contributed by atoms with van der Waals surface area (Å²) in [6.07, 6.45) is 1.07. The Balaban J connectivity index is 2.25. The molecule has 0 bridgehead atoms. The summed E-state index contributed by atoms with van der Waals surface area (Å²) < 4.78 is 0. The lowest BCUT2D eigenvalue weighted by atomic mass is 10.0. The van der Waals surface area contributed by atoms with Gasteiger partial charge in [-0.25, -0.2) is 4.98 Å². The smallest absolute Gasteiger partial charge is 0.0712 e. The summed E-state index contributed by atoms with van der Waals surface area (Å²) in [5, 5.41) is 2.47. The van der Waals surface area contributed by atoms with E-state index in [1.54, 1.807) is 0 Å². The summed E-state index contributed by atoms with van der Waals surface area (Å²) in [6, 6.07) is 15.4. The van der Waals surface area contributed by atoms with Gasteiger partial charge in [0.2, 0.25) is 0 Å². The van der Waals surface area contributed by atoms with Crippen molar-refractivity contribution in [1.29, 1.82) is 0 Å². The number of rotatable bonds is 2. The first-order valence-corrected chi connectivity index (χ1v) is 7.00. The van der Waals surface area contributed by atoms with Crippen LogP contribution in [0.4, 0.5) is 0 Å². The predicted molar refractivity (Wildman–Crippen MR) is 82.7 cm³/mol. The fourth-order valence-electron chi connectivity index (χ4n) is 2.48. The second-order valence-corrected chi connectivity index (χ2v) is 5.48. The molecule has 1 heteroatoms. The predicted octanol–water partition coefficient (Wildman–Crippen LogP) is 5.07. The van der Waals surface area contributed by atoms with Gasteiger partial charge in [-0.05, 0) is 47.7 Å². The van der Waals surface area contributed by atoms with Gasteiger partial charge in [0.1, 0.15) is 0 Å². The summed E-state index contributed by atoms with van der Waals surface area (Å²) in [7, 11) is 0. The lowest BCUT2D eigenvalue weighted by Gasteiger charge is -2.08. The topological polar surface area (TPSA) is 12.9 Å². The number of pyridine rings is 1. The Morgan fingerprint density at radius 1 is 0.895 bits per heavy atom. The summed E-state index contributed by atoms with van der Waals surface area (Å²) >= 11 is 0. The van der Waals surface area contributed by atoms with Gasteiger partial charge in [-0.1, -0.05) is 39.0 Å². The first-order chi connectivity index (χ1) is 9.17. The molecule has 19 heavy (non-hydrogen) atoms. The summed E-state index contributed by atoms with van der Waals surface area (Å²) in [5.41, 5.74) is 4.91. The Hall–Kier alpha value is -1.89. The van der Waals surface area contributed by atoms with Gasteiger partial charge >= 0.3 is 0 Å². The zero-order chi connectivity index (χ0) is 13.4. The van der Waals surface area contributed by atoms with E-state index < -0.39 is 0 Å². The molecule has 2 aromatic carbocycles. The first-order valence-electron chi connectivity index (χ1n) is 7.00. The average Bonchev–Trinajstić information content (AvgIpc) is 2.43. The van der Waals surface area contributed by atoms with Gasteiger partial charge in [0.05, 0.1) is 11.0 Å². The van der Waals surface area contributed by atoms with Gasteiger partial charge in [-0.15, -0.1) is 0 Å². The minimum absolute atomic E-state index is 0.546. The zero-order valence-corrected chi connectivity index (χ0v) is 11.8. The van der Waals surface area contributed by atoms with E-state index in [-0.39, 0.29) is 0 Å². The van der Waals surface area contributed by atoms with Crippen LogP contribution < -0.4 is 0 Å². The normalized spacial score (nSPS) is 11.6. The molecule has 1 aromatic heterocycles. The Morgan fingerprint density at radius 2 is 1.74 bits per heavy atom. The molecule has 0 aliphatic carbocycles. The molecule has 0 aliphatic heterocycles. The Bertz CT molecular complexity index is 741.